The summed E-state index contributed by atoms with van der Waals surface area (Å²) in [5.74, 6) is -3.63. The summed E-state index contributed by atoms with van der Waals surface area (Å²) in [6, 6.07) is 23.2. The van der Waals surface area contributed by atoms with Crippen LogP contribution in [0.2, 0.25) is 0 Å². The molecule has 42 heavy (non-hydrogen) atoms. The zero-order valence-corrected chi connectivity index (χ0v) is 23.0. The molecule has 0 aliphatic rings. The molecule has 0 aliphatic heterocycles. The molecule has 1 heterocycles. The van der Waals surface area contributed by atoms with Gasteiger partial charge in [-0.25, -0.2) is 4.39 Å². The Balaban J connectivity index is 1.95. The van der Waals surface area contributed by atoms with Crippen LogP contribution >= 0.6 is 0 Å². The van der Waals surface area contributed by atoms with Crippen LogP contribution in [0.4, 0.5) is 10.1 Å². The van der Waals surface area contributed by atoms with Crippen LogP contribution in [-0.2, 0) is 11.3 Å². The van der Waals surface area contributed by atoms with E-state index in [9.17, 15) is 29.3 Å². The van der Waals surface area contributed by atoms with E-state index in [2.05, 4.69) is 10.4 Å². The van der Waals surface area contributed by atoms with Crippen molar-refractivity contribution in [1.29, 1.82) is 1.43 Å². The normalized spacial score (nSPS) is 17.0. The molecule has 8 nitrogen and oxygen atoms in total. The molecule has 220 valence electrons. The fourth-order valence-corrected chi connectivity index (χ4v) is 4.91. The fourth-order valence-electron chi connectivity index (χ4n) is 4.91. The lowest BCUT2D eigenvalue weighted by Gasteiger charge is -2.24. The molecule has 3 aromatic carbocycles. The third kappa shape index (κ3) is 6.94. The van der Waals surface area contributed by atoms with Crippen molar-refractivity contribution in [1.82, 2.24) is 4.57 Å². The van der Waals surface area contributed by atoms with Crippen LogP contribution in [0.1, 0.15) is 54.1 Å². The monoisotopic (exact) mass is 579 g/mol. The van der Waals surface area contributed by atoms with E-state index >= 15 is 0 Å². The Labute approximate surface area is 250 Å². The van der Waals surface area contributed by atoms with Gasteiger partial charge in [0, 0.05) is 26.2 Å². The van der Waals surface area contributed by atoms with Crippen LogP contribution in [-0.4, -0.2) is 56.6 Å². The van der Waals surface area contributed by atoms with Gasteiger partial charge in [-0.1, -0.05) is 62.4 Å². The van der Waals surface area contributed by atoms with Crippen molar-refractivity contribution in [3.05, 3.63) is 102 Å². The average Bonchev–Trinajstić information content (AvgIpc) is 3.39. The van der Waals surface area contributed by atoms with E-state index in [1.807, 2.05) is 13.8 Å². The van der Waals surface area contributed by atoms with Gasteiger partial charge >= 0.3 is 5.97 Å². The van der Waals surface area contributed by atoms with Crippen molar-refractivity contribution in [2.45, 2.75) is 57.4 Å². The van der Waals surface area contributed by atoms with E-state index in [0.717, 1.165) is 0 Å². The van der Waals surface area contributed by atoms with Crippen molar-refractivity contribution < 1.29 is 39.9 Å². The molecule has 0 aliphatic carbocycles. The quantitative estimate of drug-likeness (QED) is 0.146. The van der Waals surface area contributed by atoms with Gasteiger partial charge in [0.25, 0.3) is 5.91 Å². The minimum Gasteiger partial charge on any atom is -0.481 e. The number of rotatable bonds is 13. The highest BCUT2D eigenvalue weighted by atomic mass is 19.1. The summed E-state index contributed by atoms with van der Waals surface area (Å²) in [6.45, 7) is 3.40. The topological polar surface area (TPSA) is 132 Å². The number of carbonyl (C=O) groups excluding carboxylic acids is 1. The Morgan fingerprint density at radius 2 is 1.60 bits per heavy atom. The van der Waals surface area contributed by atoms with Crippen LogP contribution < -0.4 is 5.32 Å². The summed E-state index contributed by atoms with van der Waals surface area (Å²) < 4.78 is 55.0. The highest BCUT2D eigenvalue weighted by Crippen LogP contribution is 2.42. The van der Waals surface area contributed by atoms with E-state index < -0.39 is 48.8 Å². The predicted molar refractivity (Wildman–Crippen MR) is 159 cm³/mol. The fraction of sp³-hybridized carbons (Fsp3) is 0.273. The molecule has 0 radical (unpaired) electrons. The number of nitrogens with zero attached hydrogens (tertiary/aromatic N) is 1. The van der Waals surface area contributed by atoms with E-state index in [1.54, 1.807) is 65.2 Å². The summed E-state index contributed by atoms with van der Waals surface area (Å²) >= 11 is 0. The molecule has 0 bridgehead atoms. The zero-order chi connectivity index (χ0) is 34.7. The number of halogens is 1. The molecular formula is C33H35FN2O6. The number of carboxylic acids is 1. The van der Waals surface area contributed by atoms with Crippen molar-refractivity contribution in [3.63, 3.8) is 0 Å². The number of carbonyl (C=O) groups is 2. The lowest BCUT2D eigenvalue weighted by atomic mass is 9.94. The van der Waals surface area contributed by atoms with Crippen LogP contribution in [0.15, 0.2) is 84.9 Å². The largest absolute Gasteiger partial charge is 0.481 e. The first-order chi connectivity index (χ1) is 22.1. The van der Waals surface area contributed by atoms with E-state index in [-0.39, 0.29) is 18.0 Å². The summed E-state index contributed by atoms with van der Waals surface area (Å²) in [5, 5.41) is 38.2. The third-order valence-electron chi connectivity index (χ3n) is 6.68. The number of anilines is 1. The molecule has 0 saturated carbocycles. The van der Waals surface area contributed by atoms with Gasteiger partial charge in [0.2, 0.25) is 1.43 Å². The number of amides is 1. The van der Waals surface area contributed by atoms with Crippen molar-refractivity contribution in [2.24, 2.45) is 0 Å². The minimum absolute atomic E-state index is 0.259. The highest BCUT2D eigenvalue weighted by molar-refractivity contribution is 6.12. The first-order valence-electron chi connectivity index (χ1n) is 15.7. The van der Waals surface area contributed by atoms with Crippen LogP contribution in [0.25, 0.3) is 22.4 Å². The van der Waals surface area contributed by atoms with Crippen molar-refractivity contribution in [2.75, 3.05) is 5.32 Å². The SMILES string of the molecule is [2H]O[C@@]([2H])(C([2H])([2H])C(=O)O)C([2H])(O)[C@H](O)CCn1c(-c2ccc(F)cc2)c(-c2ccccc2)c(C(=O)Nc2ccccc2)c1C(C)C. The minimum atomic E-state index is -3.79. The second kappa shape index (κ2) is 13.6. The Morgan fingerprint density at radius 1 is 0.976 bits per heavy atom. The molecule has 0 fully saturated rings. The summed E-state index contributed by atoms with van der Waals surface area (Å²) in [4.78, 5) is 25.8. The van der Waals surface area contributed by atoms with Crippen LogP contribution in [0, 0.1) is 5.82 Å². The predicted octanol–water partition coefficient (Wildman–Crippen LogP) is 5.28. The van der Waals surface area contributed by atoms with Gasteiger partial charge in [0.05, 0.1) is 32.6 Å². The lowest BCUT2D eigenvalue weighted by molar-refractivity contribution is -0.143. The summed E-state index contributed by atoms with van der Waals surface area (Å²) in [6.07, 6.45) is -14.1. The van der Waals surface area contributed by atoms with E-state index in [4.69, 9.17) is 6.91 Å². The summed E-state index contributed by atoms with van der Waals surface area (Å²) in [5.41, 5.74) is 3.25. The number of carboxylic acid groups (broad SMARTS) is 1. The summed E-state index contributed by atoms with van der Waals surface area (Å²) in [7, 11) is 0. The van der Waals surface area contributed by atoms with Crippen molar-refractivity contribution >= 4 is 17.6 Å². The maximum Gasteiger partial charge on any atom is 0.306 e. The second-order valence-corrected chi connectivity index (χ2v) is 9.93. The number of aliphatic carboxylic acids is 1. The van der Waals surface area contributed by atoms with E-state index in [0.29, 0.717) is 33.8 Å². The average molecular weight is 580 g/mol. The van der Waals surface area contributed by atoms with Crippen LogP contribution in [0.3, 0.4) is 0 Å². The molecular weight excluding hydrogens is 539 g/mol. The van der Waals surface area contributed by atoms with Gasteiger partial charge in [-0.15, -0.1) is 0 Å². The number of hydrogen-bond donors (Lipinski definition) is 5. The number of hydrogen-bond acceptors (Lipinski definition) is 5. The number of aromatic nitrogens is 1. The molecule has 5 N–H and O–H groups in total. The molecule has 4 aromatic rings. The van der Waals surface area contributed by atoms with Crippen molar-refractivity contribution in [3.8, 4) is 22.4 Å². The van der Waals surface area contributed by atoms with Crippen LogP contribution in [0.5, 0.6) is 0 Å². The Bertz CT molecular complexity index is 1720. The molecule has 9 heteroatoms. The maximum absolute atomic E-state index is 14.2. The molecule has 1 amide bonds. The maximum atomic E-state index is 14.2. The smallest absolute Gasteiger partial charge is 0.306 e. The molecule has 4 rings (SSSR count). The number of aliphatic hydroxyl groups is 3. The zero-order valence-electron chi connectivity index (χ0n) is 28.0. The molecule has 1 unspecified atom stereocenters. The number of nitrogens with one attached hydrogen (secondary N) is 1. The van der Waals surface area contributed by atoms with E-state index in [1.165, 1.54) is 24.3 Å². The first kappa shape index (κ1) is 24.3. The van der Waals surface area contributed by atoms with Gasteiger partial charge in [0.1, 0.15) is 11.9 Å². The van der Waals surface area contributed by atoms with Gasteiger partial charge in [-0.3, -0.25) is 9.59 Å². The number of benzene rings is 3. The lowest BCUT2D eigenvalue weighted by Crippen LogP contribution is -2.39. The third-order valence-corrected chi connectivity index (χ3v) is 6.68. The highest BCUT2D eigenvalue weighted by Gasteiger charge is 2.32. The molecule has 1 aromatic heterocycles. The Kier molecular flexibility index (Phi) is 7.85. The van der Waals surface area contributed by atoms with Gasteiger partial charge in [-0.2, -0.15) is 0 Å². The second-order valence-electron chi connectivity index (χ2n) is 9.93. The number of para-hydroxylation sites is 1. The standard InChI is InChI=1S/C33H35FN2O6/c1-20(2)30-29(33(42)35-24-11-7-4-8-12-24)28(21-9-5-3-6-10-21)31(22-13-15-23(34)16-14-22)36(30)18-17-25(37)32(41)26(38)19-27(39)40/h3-16,20,25-26,32,37-38,41H,17-19H2,1-2H3,(H,35,42)(H,39,40)/t25-,26+,32?/m1/s1/i19D2,26D,32D,38D. The van der Waals surface area contributed by atoms with Gasteiger partial charge in [0.15, 0.2) is 0 Å². The number of aliphatic hydroxyl groups excluding tert-OH is 1. The Morgan fingerprint density at radius 3 is 2.17 bits per heavy atom. The molecule has 3 atom stereocenters. The van der Waals surface area contributed by atoms with Gasteiger partial charge in [-0.05, 0) is 59.9 Å². The molecule has 0 saturated heterocycles. The first-order valence-corrected chi connectivity index (χ1v) is 13.3. The Hall–Kier alpha value is -4.31. The molecule has 0 spiro atoms. The van der Waals surface area contributed by atoms with Gasteiger partial charge < -0.3 is 30.3 Å².